The Balaban J connectivity index is 1.53. The standard InChI is InChI=1S/C19H20FNO3S/c1-2-21(19(22)13-25-16-9-7-14(20)8-10-16)11-15-12-23-17-5-3-4-6-18(17)24-15/h3-10,15H,2,11-13H2,1H3. The summed E-state index contributed by atoms with van der Waals surface area (Å²) in [5.41, 5.74) is 0. The van der Waals surface area contributed by atoms with Crippen molar-refractivity contribution in [1.82, 2.24) is 4.90 Å². The zero-order valence-corrected chi connectivity index (χ0v) is 14.8. The van der Waals surface area contributed by atoms with Gasteiger partial charge in [-0.2, -0.15) is 0 Å². The Kier molecular flexibility index (Phi) is 5.81. The number of rotatable bonds is 6. The second-order valence-corrected chi connectivity index (χ2v) is 6.72. The fraction of sp³-hybridized carbons (Fsp3) is 0.316. The lowest BCUT2D eigenvalue weighted by Gasteiger charge is -2.30. The Morgan fingerprint density at radius 2 is 1.92 bits per heavy atom. The van der Waals surface area contributed by atoms with Crippen LogP contribution in [0.2, 0.25) is 0 Å². The van der Waals surface area contributed by atoms with Gasteiger partial charge in [-0.05, 0) is 43.3 Å². The molecular weight excluding hydrogens is 341 g/mol. The summed E-state index contributed by atoms with van der Waals surface area (Å²) >= 11 is 1.40. The topological polar surface area (TPSA) is 38.8 Å². The lowest BCUT2D eigenvalue weighted by molar-refractivity contribution is -0.129. The molecule has 6 heteroatoms. The van der Waals surface area contributed by atoms with E-state index < -0.39 is 0 Å². The maximum absolute atomic E-state index is 12.9. The second kappa shape index (κ2) is 8.25. The maximum atomic E-state index is 12.9. The van der Waals surface area contributed by atoms with Crippen molar-refractivity contribution in [3.05, 3.63) is 54.3 Å². The first-order valence-corrected chi connectivity index (χ1v) is 9.19. The van der Waals surface area contributed by atoms with E-state index in [9.17, 15) is 9.18 Å². The number of hydrogen-bond acceptors (Lipinski definition) is 4. The average molecular weight is 361 g/mol. The van der Waals surface area contributed by atoms with Gasteiger partial charge in [0.15, 0.2) is 17.6 Å². The number of thioether (sulfide) groups is 1. The summed E-state index contributed by atoms with van der Waals surface area (Å²) in [5, 5.41) is 0. The molecule has 25 heavy (non-hydrogen) atoms. The van der Waals surface area contributed by atoms with Gasteiger partial charge in [0.25, 0.3) is 0 Å². The highest BCUT2D eigenvalue weighted by atomic mass is 32.2. The summed E-state index contributed by atoms with van der Waals surface area (Å²) < 4.78 is 24.5. The van der Waals surface area contributed by atoms with E-state index in [0.717, 1.165) is 10.6 Å². The average Bonchev–Trinajstić information content (AvgIpc) is 2.65. The first-order valence-electron chi connectivity index (χ1n) is 8.20. The molecule has 1 aliphatic heterocycles. The molecule has 2 aromatic carbocycles. The van der Waals surface area contributed by atoms with Gasteiger partial charge in [-0.25, -0.2) is 4.39 Å². The van der Waals surface area contributed by atoms with E-state index in [2.05, 4.69) is 0 Å². The number of likely N-dealkylation sites (N-methyl/N-ethyl adjacent to an activating group) is 1. The fourth-order valence-electron chi connectivity index (χ4n) is 2.57. The molecule has 1 aliphatic rings. The third kappa shape index (κ3) is 4.66. The van der Waals surface area contributed by atoms with Crippen LogP contribution >= 0.6 is 11.8 Å². The highest BCUT2D eigenvalue weighted by Crippen LogP contribution is 2.31. The van der Waals surface area contributed by atoms with Crippen molar-refractivity contribution in [1.29, 1.82) is 0 Å². The number of ether oxygens (including phenoxy) is 2. The van der Waals surface area contributed by atoms with Crippen molar-refractivity contribution in [2.75, 3.05) is 25.4 Å². The zero-order chi connectivity index (χ0) is 17.6. The SMILES string of the molecule is CCN(CC1COc2ccccc2O1)C(=O)CSc1ccc(F)cc1. The Bertz CT molecular complexity index is 723. The molecule has 3 rings (SSSR count). The van der Waals surface area contributed by atoms with Crippen LogP contribution in [0.25, 0.3) is 0 Å². The number of fused-ring (bicyclic) bond motifs is 1. The van der Waals surface area contributed by atoms with Crippen LogP contribution in [-0.4, -0.2) is 42.4 Å². The van der Waals surface area contributed by atoms with Crippen LogP contribution in [0.1, 0.15) is 6.92 Å². The van der Waals surface area contributed by atoms with Gasteiger partial charge in [0.1, 0.15) is 12.4 Å². The number of amides is 1. The minimum Gasteiger partial charge on any atom is -0.486 e. The van der Waals surface area contributed by atoms with E-state index >= 15 is 0 Å². The normalized spacial score (nSPS) is 15.7. The Labute approximate surface area is 150 Å². The molecule has 1 heterocycles. The number of nitrogens with zero attached hydrogens (tertiary/aromatic N) is 1. The Morgan fingerprint density at radius 1 is 1.20 bits per heavy atom. The number of para-hydroxylation sites is 2. The van der Waals surface area contributed by atoms with Gasteiger partial charge < -0.3 is 14.4 Å². The van der Waals surface area contributed by atoms with Crippen LogP contribution in [-0.2, 0) is 4.79 Å². The summed E-state index contributed by atoms with van der Waals surface area (Å²) in [6.07, 6.45) is -0.186. The van der Waals surface area contributed by atoms with Gasteiger partial charge >= 0.3 is 0 Å². The summed E-state index contributed by atoms with van der Waals surface area (Å²) in [6, 6.07) is 13.7. The zero-order valence-electron chi connectivity index (χ0n) is 14.0. The van der Waals surface area contributed by atoms with Crippen LogP contribution < -0.4 is 9.47 Å². The predicted octanol–water partition coefficient (Wildman–Crippen LogP) is 3.61. The minimum absolute atomic E-state index is 0.0271. The lowest BCUT2D eigenvalue weighted by Crippen LogP contribution is -2.44. The number of hydrogen-bond donors (Lipinski definition) is 0. The summed E-state index contributed by atoms with van der Waals surface area (Å²) in [5.74, 6) is 1.51. The first kappa shape index (κ1) is 17.6. The van der Waals surface area contributed by atoms with Crippen LogP contribution in [0.3, 0.4) is 0 Å². The van der Waals surface area contributed by atoms with Gasteiger partial charge in [0, 0.05) is 11.4 Å². The van der Waals surface area contributed by atoms with Crippen LogP contribution in [0.5, 0.6) is 11.5 Å². The fourth-order valence-corrected chi connectivity index (χ4v) is 3.37. The van der Waals surface area contributed by atoms with Crippen molar-refractivity contribution in [3.63, 3.8) is 0 Å². The summed E-state index contributed by atoms with van der Waals surface area (Å²) in [4.78, 5) is 15.1. The van der Waals surface area contributed by atoms with Gasteiger partial charge in [-0.15, -0.1) is 11.8 Å². The van der Waals surface area contributed by atoms with E-state index in [0.29, 0.717) is 31.2 Å². The third-order valence-corrected chi connectivity index (χ3v) is 4.90. The van der Waals surface area contributed by atoms with Gasteiger partial charge in [-0.1, -0.05) is 12.1 Å². The van der Waals surface area contributed by atoms with Crippen LogP contribution in [0.15, 0.2) is 53.4 Å². The first-order chi connectivity index (χ1) is 12.2. The molecule has 2 aromatic rings. The molecule has 0 saturated heterocycles. The molecule has 0 fully saturated rings. The summed E-state index contributed by atoms with van der Waals surface area (Å²) in [6.45, 7) is 3.45. The Morgan fingerprint density at radius 3 is 2.64 bits per heavy atom. The Hall–Kier alpha value is -2.21. The van der Waals surface area contributed by atoms with Crippen molar-refractivity contribution in [2.45, 2.75) is 17.9 Å². The van der Waals surface area contributed by atoms with Gasteiger partial charge in [0.2, 0.25) is 5.91 Å². The molecule has 0 radical (unpaired) electrons. The number of halogens is 1. The van der Waals surface area contributed by atoms with E-state index in [1.807, 2.05) is 31.2 Å². The molecule has 132 valence electrons. The van der Waals surface area contributed by atoms with Crippen molar-refractivity contribution in [3.8, 4) is 11.5 Å². The predicted molar refractivity (Wildman–Crippen MR) is 95.7 cm³/mol. The van der Waals surface area contributed by atoms with E-state index in [1.165, 1.54) is 23.9 Å². The molecule has 1 amide bonds. The molecule has 0 aliphatic carbocycles. The van der Waals surface area contributed by atoms with E-state index in [4.69, 9.17) is 9.47 Å². The molecule has 0 bridgehead atoms. The molecule has 4 nitrogen and oxygen atoms in total. The molecule has 0 aromatic heterocycles. The largest absolute Gasteiger partial charge is 0.486 e. The van der Waals surface area contributed by atoms with Gasteiger partial charge in [0.05, 0.1) is 12.3 Å². The van der Waals surface area contributed by atoms with Gasteiger partial charge in [-0.3, -0.25) is 4.79 Å². The minimum atomic E-state index is -0.277. The molecule has 0 spiro atoms. The molecule has 0 saturated carbocycles. The lowest BCUT2D eigenvalue weighted by atomic mass is 10.2. The highest BCUT2D eigenvalue weighted by Gasteiger charge is 2.24. The summed E-state index contributed by atoms with van der Waals surface area (Å²) in [7, 11) is 0. The van der Waals surface area contributed by atoms with E-state index in [1.54, 1.807) is 17.0 Å². The van der Waals surface area contributed by atoms with Crippen molar-refractivity contribution in [2.24, 2.45) is 0 Å². The molecule has 1 atom stereocenters. The number of benzene rings is 2. The monoisotopic (exact) mass is 361 g/mol. The molecular formula is C19H20FNO3S. The smallest absolute Gasteiger partial charge is 0.233 e. The van der Waals surface area contributed by atoms with Crippen LogP contribution in [0.4, 0.5) is 4.39 Å². The van der Waals surface area contributed by atoms with Crippen LogP contribution in [0, 0.1) is 5.82 Å². The second-order valence-electron chi connectivity index (χ2n) is 5.67. The quantitative estimate of drug-likeness (QED) is 0.737. The van der Waals surface area contributed by atoms with E-state index in [-0.39, 0.29) is 17.8 Å². The van der Waals surface area contributed by atoms with Crippen molar-refractivity contribution >= 4 is 17.7 Å². The molecule has 1 unspecified atom stereocenters. The highest BCUT2D eigenvalue weighted by molar-refractivity contribution is 8.00. The maximum Gasteiger partial charge on any atom is 0.233 e. The van der Waals surface area contributed by atoms with Crippen molar-refractivity contribution < 1.29 is 18.7 Å². The molecule has 0 N–H and O–H groups in total. The number of carbonyl (C=O) groups is 1. The number of carbonyl (C=O) groups excluding carboxylic acids is 1. The third-order valence-electron chi connectivity index (χ3n) is 3.90.